The van der Waals surface area contributed by atoms with Crippen LogP contribution in [0.25, 0.3) is 0 Å². The second-order valence-electron chi connectivity index (χ2n) is 8.06. The molecule has 14 heteroatoms. The first-order valence-corrected chi connectivity index (χ1v) is 11.8. The number of oxime groups is 1. The third kappa shape index (κ3) is 6.64. The Morgan fingerprint density at radius 3 is 2.53 bits per heavy atom. The third-order valence-corrected chi connectivity index (χ3v) is 5.97. The summed E-state index contributed by atoms with van der Waals surface area (Å²) in [6.45, 7) is 8.13. The van der Waals surface area contributed by atoms with E-state index in [0.29, 0.717) is 4.88 Å². The quantitative estimate of drug-likeness (QED) is 0.209. The van der Waals surface area contributed by atoms with E-state index in [1.807, 2.05) is 0 Å². The van der Waals surface area contributed by atoms with Gasteiger partial charge in [0.05, 0.1) is 17.0 Å². The van der Waals surface area contributed by atoms with Gasteiger partial charge in [0.25, 0.3) is 11.8 Å². The Morgan fingerprint density at radius 2 is 2.03 bits per heavy atom. The van der Waals surface area contributed by atoms with Gasteiger partial charge in [-0.25, -0.2) is 9.10 Å². The van der Waals surface area contributed by atoms with Crippen LogP contribution in [0.4, 0.5) is 4.79 Å². The van der Waals surface area contributed by atoms with Crippen molar-refractivity contribution >= 4 is 45.3 Å². The van der Waals surface area contributed by atoms with Gasteiger partial charge in [-0.05, 0) is 46.1 Å². The van der Waals surface area contributed by atoms with Crippen LogP contribution >= 0.6 is 11.3 Å². The molecule has 3 atom stereocenters. The Labute approximate surface area is 189 Å². The summed E-state index contributed by atoms with van der Waals surface area (Å²) in [5.41, 5.74) is -0.788. The largest absolute Gasteiger partial charge is 0.444 e. The summed E-state index contributed by atoms with van der Waals surface area (Å²) in [5.74, 6) is -1.73. The lowest BCUT2D eigenvalue weighted by molar-refractivity contribution is -0.143. The maximum atomic E-state index is 12.7. The van der Waals surface area contributed by atoms with Gasteiger partial charge in [0, 0.05) is 0 Å². The van der Waals surface area contributed by atoms with Crippen LogP contribution in [0.15, 0.2) is 22.7 Å². The average Bonchev–Trinajstić information content (AvgIpc) is 3.14. The molecular weight excluding hydrogens is 464 g/mol. The van der Waals surface area contributed by atoms with E-state index in [4.69, 9.17) is 14.1 Å². The van der Waals surface area contributed by atoms with E-state index in [0.717, 1.165) is 0 Å². The molecule has 1 aliphatic rings. The monoisotopic (exact) mass is 490 g/mol. The second kappa shape index (κ2) is 9.83. The molecule has 1 aromatic heterocycles. The summed E-state index contributed by atoms with van der Waals surface area (Å²) < 4.78 is 36.9. The number of hydrogen-bond donors (Lipinski definition) is 3. The standard InChI is InChI=1S/C18H26N4O8S2/c1-10(19-17(25)30-18(3,4)5)9-29-21-14(12-7-6-8-31-12)15(23)20-13-11(2)22(16(13)24)32(26,27)28/h6-8,10-11,13H,9H2,1-5H3,(H,19,25)(H,20,23)(H,26,27,28)/b21-14-/t10?,11-,13-/m0/s1. The molecule has 1 aliphatic heterocycles. The maximum absolute atomic E-state index is 12.7. The number of β-lactam (4-membered cyclic amide) rings is 1. The van der Waals surface area contributed by atoms with Crippen LogP contribution in [0.2, 0.25) is 0 Å². The first-order valence-electron chi connectivity index (χ1n) is 9.55. The van der Waals surface area contributed by atoms with E-state index in [9.17, 15) is 22.8 Å². The fourth-order valence-electron chi connectivity index (χ4n) is 2.69. The van der Waals surface area contributed by atoms with Crippen LogP contribution in [0.1, 0.15) is 39.5 Å². The van der Waals surface area contributed by atoms with E-state index in [-0.39, 0.29) is 16.6 Å². The molecule has 1 aromatic rings. The van der Waals surface area contributed by atoms with Gasteiger partial charge in [-0.1, -0.05) is 11.2 Å². The molecule has 0 aliphatic carbocycles. The Hall–Kier alpha value is -2.71. The fourth-order valence-corrected chi connectivity index (χ4v) is 4.27. The summed E-state index contributed by atoms with van der Waals surface area (Å²) in [7, 11) is -4.71. The zero-order valence-electron chi connectivity index (χ0n) is 18.2. The zero-order valence-corrected chi connectivity index (χ0v) is 19.8. The second-order valence-corrected chi connectivity index (χ2v) is 10.3. The van der Waals surface area contributed by atoms with Gasteiger partial charge in [0.1, 0.15) is 18.2 Å². The summed E-state index contributed by atoms with van der Waals surface area (Å²) in [6, 6.07) is 0.697. The highest BCUT2D eigenvalue weighted by Gasteiger charge is 2.51. The van der Waals surface area contributed by atoms with Gasteiger partial charge in [0.2, 0.25) is 0 Å². The SMILES string of the molecule is CC(CO/N=C(\C(=O)N[C@@H]1C(=O)N(S(=O)(=O)O)[C@H]1C)c1cccs1)NC(=O)OC(C)(C)C. The van der Waals surface area contributed by atoms with Crippen molar-refractivity contribution in [2.45, 2.75) is 58.3 Å². The van der Waals surface area contributed by atoms with Gasteiger partial charge in [0.15, 0.2) is 5.71 Å². The van der Waals surface area contributed by atoms with E-state index >= 15 is 0 Å². The average molecular weight is 491 g/mol. The fraction of sp³-hybridized carbons (Fsp3) is 0.556. The van der Waals surface area contributed by atoms with Crippen molar-refractivity contribution in [3.8, 4) is 0 Å². The van der Waals surface area contributed by atoms with Crippen molar-refractivity contribution in [1.82, 2.24) is 14.9 Å². The van der Waals surface area contributed by atoms with Crippen LogP contribution in [0.3, 0.4) is 0 Å². The molecule has 3 N–H and O–H groups in total. The van der Waals surface area contributed by atoms with Gasteiger partial charge in [-0.2, -0.15) is 8.42 Å². The molecule has 1 fully saturated rings. The van der Waals surface area contributed by atoms with Gasteiger partial charge in [-0.15, -0.1) is 11.3 Å². The lowest BCUT2D eigenvalue weighted by Crippen LogP contribution is -2.71. The van der Waals surface area contributed by atoms with Gasteiger partial charge in [-0.3, -0.25) is 14.1 Å². The van der Waals surface area contributed by atoms with Crippen LogP contribution in [0.5, 0.6) is 0 Å². The number of hydrogen-bond acceptors (Lipinski definition) is 9. The van der Waals surface area contributed by atoms with Gasteiger partial charge >= 0.3 is 16.4 Å². The van der Waals surface area contributed by atoms with Crippen LogP contribution < -0.4 is 10.6 Å². The number of carbonyl (C=O) groups is 3. The highest BCUT2D eigenvalue weighted by Crippen LogP contribution is 2.23. The molecule has 0 spiro atoms. The van der Waals surface area contributed by atoms with Crippen molar-refractivity contribution in [3.63, 3.8) is 0 Å². The number of rotatable bonds is 8. The minimum Gasteiger partial charge on any atom is -0.444 e. The molecule has 12 nitrogen and oxygen atoms in total. The van der Waals surface area contributed by atoms with E-state index in [1.165, 1.54) is 18.3 Å². The summed E-state index contributed by atoms with van der Waals surface area (Å²) in [6.07, 6.45) is -0.630. The number of nitrogens with one attached hydrogen (secondary N) is 2. The van der Waals surface area contributed by atoms with Crippen LogP contribution in [0, 0.1) is 0 Å². The van der Waals surface area contributed by atoms with E-state index in [2.05, 4.69) is 15.8 Å². The highest BCUT2D eigenvalue weighted by atomic mass is 32.2. The summed E-state index contributed by atoms with van der Waals surface area (Å²) >= 11 is 1.20. The molecule has 2 rings (SSSR count). The molecule has 0 radical (unpaired) electrons. The predicted octanol–water partition coefficient (Wildman–Crippen LogP) is 0.900. The van der Waals surface area contributed by atoms with Crippen molar-refractivity contribution in [2.24, 2.45) is 5.16 Å². The number of ether oxygens (including phenoxy) is 1. The molecule has 3 amide bonds. The Morgan fingerprint density at radius 1 is 1.38 bits per heavy atom. The lowest BCUT2D eigenvalue weighted by Gasteiger charge is -2.42. The molecule has 178 valence electrons. The molecule has 32 heavy (non-hydrogen) atoms. The normalized spacial score (nSPS) is 20.2. The molecule has 1 unspecified atom stereocenters. The van der Waals surface area contributed by atoms with E-state index in [1.54, 1.807) is 45.2 Å². The molecule has 0 saturated carbocycles. The smallest absolute Gasteiger partial charge is 0.407 e. The van der Waals surface area contributed by atoms with Crippen LogP contribution in [-0.2, 0) is 29.5 Å². The van der Waals surface area contributed by atoms with Gasteiger partial charge < -0.3 is 20.2 Å². The van der Waals surface area contributed by atoms with Crippen LogP contribution in [-0.4, -0.2) is 71.2 Å². The first-order chi connectivity index (χ1) is 14.7. The minimum atomic E-state index is -4.71. The van der Waals surface area contributed by atoms with Crippen molar-refractivity contribution < 1.29 is 36.9 Å². The lowest BCUT2D eigenvalue weighted by atomic mass is 10.0. The Bertz CT molecular complexity index is 985. The minimum absolute atomic E-state index is 0.0727. The zero-order chi connectivity index (χ0) is 24.3. The van der Waals surface area contributed by atoms with Crippen molar-refractivity contribution in [2.75, 3.05) is 6.61 Å². The number of amides is 3. The Kier molecular flexibility index (Phi) is 7.85. The Balaban J connectivity index is 2.02. The number of nitrogens with zero attached hydrogens (tertiary/aromatic N) is 2. The van der Waals surface area contributed by atoms with Crippen molar-refractivity contribution in [3.05, 3.63) is 22.4 Å². The highest BCUT2D eigenvalue weighted by molar-refractivity contribution is 7.84. The third-order valence-electron chi connectivity index (χ3n) is 4.08. The molecular formula is C18H26N4O8S2. The maximum Gasteiger partial charge on any atom is 0.407 e. The molecule has 2 heterocycles. The number of alkyl carbamates (subject to hydrolysis) is 1. The molecule has 1 saturated heterocycles. The molecule has 0 bridgehead atoms. The van der Waals surface area contributed by atoms with Crippen molar-refractivity contribution in [1.29, 1.82) is 0 Å². The topological polar surface area (TPSA) is 164 Å². The predicted molar refractivity (Wildman–Crippen MR) is 115 cm³/mol. The number of carbonyl (C=O) groups excluding carboxylic acids is 3. The van der Waals surface area contributed by atoms with E-state index < -0.39 is 51.9 Å². The summed E-state index contributed by atoms with van der Waals surface area (Å²) in [5, 5.41) is 10.5. The first kappa shape index (κ1) is 25.5. The summed E-state index contributed by atoms with van der Waals surface area (Å²) in [4.78, 5) is 42.2. The number of thiophene rings is 1. The molecule has 0 aromatic carbocycles.